The second-order valence-electron chi connectivity index (χ2n) is 8.42. The Morgan fingerprint density at radius 2 is 1.69 bits per heavy atom. The van der Waals surface area contributed by atoms with Crippen LogP contribution in [0.2, 0.25) is 0 Å². The van der Waals surface area contributed by atoms with Crippen molar-refractivity contribution in [1.29, 1.82) is 0 Å². The Hall–Kier alpha value is -4.02. The number of aryl methyl sites for hydroxylation is 1. The van der Waals surface area contributed by atoms with Gasteiger partial charge >= 0.3 is 0 Å². The summed E-state index contributed by atoms with van der Waals surface area (Å²) in [6.45, 7) is 2.47. The molecular formula is C26H28N6O3S. The van der Waals surface area contributed by atoms with E-state index in [9.17, 15) is 13.2 Å². The highest BCUT2D eigenvalue weighted by Gasteiger charge is 2.26. The lowest BCUT2D eigenvalue weighted by Crippen LogP contribution is -2.48. The average Bonchev–Trinajstić information content (AvgIpc) is 3.33. The van der Waals surface area contributed by atoms with Gasteiger partial charge in [-0.1, -0.05) is 71.4 Å². The van der Waals surface area contributed by atoms with Gasteiger partial charge in [-0.2, -0.15) is 4.72 Å². The maximum Gasteiger partial charge on any atom is 0.241 e. The number of nitrogens with one attached hydrogen (secondary N) is 2. The average molecular weight is 505 g/mol. The fraction of sp³-hybridized carbons (Fsp3) is 0.192. The smallest absolute Gasteiger partial charge is 0.241 e. The van der Waals surface area contributed by atoms with Crippen molar-refractivity contribution in [2.24, 2.45) is 0 Å². The number of carbonyl (C=O) groups excluding carboxylic acids is 1. The van der Waals surface area contributed by atoms with Gasteiger partial charge in [-0.25, -0.2) is 8.42 Å². The summed E-state index contributed by atoms with van der Waals surface area (Å²) >= 11 is 0. The molecule has 36 heavy (non-hydrogen) atoms. The standard InChI is InChI=1S/C26H28N6O3S/c1-19-11-13-21(14-12-19)36(34,35)30-24(17-20-7-3-2-4-8-20)26(33)28-15-16-32-18-25(29-31-32)22-9-5-6-10-23(22)27/h2-14,18,24,30H,15-17,27H2,1H3,(H,28,33)/t24-/m0/s1. The van der Waals surface area contributed by atoms with E-state index in [0.717, 1.165) is 16.7 Å². The van der Waals surface area contributed by atoms with E-state index in [1.165, 1.54) is 12.1 Å². The highest BCUT2D eigenvalue weighted by atomic mass is 32.2. The van der Waals surface area contributed by atoms with Gasteiger partial charge in [0, 0.05) is 17.8 Å². The largest absolute Gasteiger partial charge is 0.398 e. The number of nitrogens with zero attached hydrogens (tertiary/aromatic N) is 3. The number of hydrogen-bond acceptors (Lipinski definition) is 6. The Kier molecular flexibility index (Phi) is 7.77. The Morgan fingerprint density at radius 3 is 2.42 bits per heavy atom. The monoisotopic (exact) mass is 504 g/mol. The van der Waals surface area contributed by atoms with Crippen molar-refractivity contribution >= 4 is 21.6 Å². The van der Waals surface area contributed by atoms with E-state index >= 15 is 0 Å². The first-order chi connectivity index (χ1) is 17.3. The molecule has 4 aromatic rings. The second-order valence-corrected chi connectivity index (χ2v) is 10.1. The first kappa shape index (κ1) is 25.1. The number of para-hydroxylation sites is 1. The molecule has 0 fully saturated rings. The molecular weight excluding hydrogens is 476 g/mol. The normalized spacial score (nSPS) is 12.2. The molecule has 3 aromatic carbocycles. The molecule has 0 aliphatic rings. The summed E-state index contributed by atoms with van der Waals surface area (Å²) in [4.78, 5) is 13.2. The van der Waals surface area contributed by atoms with E-state index in [1.54, 1.807) is 29.1 Å². The molecule has 0 saturated carbocycles. The van der Waals surface area contributed by atoms with Crippen molar-refractivity contribution in [3.8, 4) is 11.3 Å². The van der Waals surface area contributed by atoms with Crippen LogP contribution in [-0.4, -0.2) is 41.9 Å². The summed E-state index contributed by atoms with van der Waals surface area (Å²) < 4.78 is 30.1. The SMILES string of the molecule is Cc1ccc(S(=O)(=O)N[C@@H](Cc2ccccc2)C(=O)NCCn2cc(-c3ccccc3N)nn2)cc1. The quantitative estimate of drug-likeness (QED) is 0.284. The molecule has 1 amide bonds. The Morgan fingerprint density at radius 1 is 1.00 bits per heavy atom. The van der Waals surface area contributed by atoms with Gasteiger partial charge < -0.3 is 11.1 Å². The topological polar surface area (TPSA) is 132 Å². The highest BCUT2D eigenvalue weighted by molar-refractivity contribution is 7.89. The van der Waals surface area contributed by atoms with Crippen molar-refractivity contribution in [2.75, 3.05) is 12.3 Å². The highest BCUT2D eigenvalue weighted by Crippen LogP contribution is 2.22. The summed E-state index contributed by atoms with van der Waals surface area (Å²) in [6.07, 6.45) is 1.96. The number of benzene rings is 3. The molecule has 0 aliphatic carbocycles. The van der Waals surface area contributed by atoms with E-state index in [1.807, 2.05) is 55.5 Å². The molecule has 0 aliphatic heterocycles. The third kappa shape index (κ3) is 6.35. The number of nitrogens with two attached hydrogens (primary N) is 1. The predicted molar refractivity (Wildman–Crippen MR) is 138 cm³/mol. The van der Waals surface area contributed by atoms with Crippen molar-refractivity contribution in [2.45, 2.75) is 30.8 Å². The van der Waals surface area contributed by atoms with Crippen LogP contribution in [0.5, 0.6) is 0 Å². The van der Waals surface area contributed by atoms with E-state index in [2.05, 4.69) is 20.4 Å². The van der Waals surface area contributed by atoms with Gasteiger partial charge in [0.05, 0.1) is 17.6 Å². The number of rotatable bonds is 10. The van der Waals surface area contributed by atoms with Crippen LogP contribution in [0.15, 0.2) is 90.0 Å². The summed E-state index contributed by atoms with van der Waals surface area (Å²) in [6, 6.07) is 22.1. The molecule has 0 saturated heterocycles. The number of sulfonamides is 1. The minimum Gasteiger partial charge on any atom is -0.398 e. The number of aromatic nitrogens is 3. The van der Waals surface area contributed by atoms with E-state index in [4.69, 9.17) is 5.73 Å². The third-order valence-electron chi connectivity index (χ3n) is 5.64. The summed E-state index contributed by atoms with van der Waals surface area (Å²) in [5.74, 6) is -0.429. The molecule has 1 aromatic heterocycles. The predicted octanol–water partition coefficient (Wildman–Crippen LogP) is 2.54. The molecule has 4 N–H and O–H groups in total. The molecule has 1 heterocycles. The second kappa shape index (κ2) is 11.1. The van der Waals surface area contributed by atoms with Gasteiger partial charge in [-0.15, -0.1) is 5.10 Å². The lowest BCUT2D eigenvalue weighted by Gasteiger charge is -2.19. The Balaban J connectivity index is 1.43. The molecule has 0 unspecified atom stereocenters. The van der Waals surface area contributed by atoms with E-state index < -0.39 is 22.0 Å². The van der Waals surface area contributed by atoms with Crippen LogP contribution in [-0.2, 0) is 27.8 Å². The van der Waals surface area contributed by atoms with Gasteiger partial charge in [-0.05, 0) is 37.1 Å². The van der Waals surface area contributed by atoms with Crippen LogP contribution in [0.3, 0.4) is 0 Å². The molecule has 0 spiro atoms. The number of carbonyl (C=O) groups is 1. The summed E-state index contributed by atoms with van der Waals surface area (Å²) in [5.41, 5.74) is 9.80. The van der Waals surface area contributed by atoms with Crippen LogP contribution in [0.25, 0.3) is 11.3 Å². The zero-order valence-electron chi connectivity index (χ0n) is 19.8. The Bertz CT molecular complexity index is 1420. The van der Waals surface area contributed by atoms with E-state index in [0.29, 0.717) is 17.9 Å². The molecule has 0 radical (unpaired) electrons. The van der Waals surface area contributed by atoms with Crippen molar-refractivity contribution in [1.82, 2.24) is 25.0 Å². The summed E-state index contributed by atoms with van der Waals surface area (Å²) in [5, 5.41) is 11.1. The number of hydrogen-bond donors (Lipinski definition) is 3. The maximum absolute atomic E-state index is 13.1. The minimum atomic E-state index is -3.90. The van der Waals surface area contributed by atoms with Crippen LogP contribution in [0.4, 0.5) is 5.69 Å². The van der Waals surface area contributed by atoms with Crippen LogP contribution >= 0.6 is 0 Å². The van der Waals surface area contributed by atoms with Crippen LogP contribution < -0.4 is 15.8 Å². The Labute approximate surface area is 210 Å². The first-order valence-electron chi connectivity index (χ1n) is 11.5. The molecule has 9 nitrogen and oxygen atoms in total. The van der Waals surface area contributed by atoms with Crippen molar-refractivity contribution in [3.63, 3.8) is 0 Å². The van der Waals surface area contributed by atoms with Crippen molar-refractivity contribution < 1.29 is 13.2 Å². The fourth-order valence-corrected chi connectivity index (χ4v) is 4.88. The molecule has 10 heteroatoms. The van der Waals surface area contributed by atoms with Gasteiger partial charge in [0.25, 0.3) is 0 Å². The zero-order chi connectivity index (χ0) is 25.5. The number of amides is 1. The fourth-order valence-electron chi connectivity index (χ4n) is 3.69. The lowest BCUT2D eigenvalue weighted by molar-refractivity contribution is -0.122. The zero-order valence-corrected chi connectivity index (χ0v) is 20.7. The van der Waals surface area contributed by atoms with Gasteiger partial charge in [0.1, 0.15) is 11.7 Å². The lowest BCUT2D eigenvalue weighted by atomic mass is 10.1. The number of anilines is 1. The maximum atomic E-state index is 13.1. The molecule has 1 atom stereocenters. The van der Waals surface area contributed by atoms with Crippen molar-refractivity contribution in [3.05, 3.63) is 96.2 Å². The first-order valence-corrected chi connectivity index (χ1v) is 13.0. The van der Waals surface area contributed by atoms with Crippen LogP contribution in [0, 0.1) is 6.92 Å². The number of nitrogen functional groups attached to an aromatic ring is 1. The summed E-state index contributed by atoms with van der Waals surface area (Å²) in [7, 11) is -3.90. The minimum absolute atomic E-state index is 0.106. The third-order valence-corrected chi connectivity index (χ3v) is 7.13. The van der Waals surface area contributed by atoms with E-state index in [-0.39, 0.29) is 17.9 Å². The molecule has 186 valence electrons. The van der Waals surface area contributed by atoms with Gasteiger partial charge in [0.2, 0.25) is 15.9 Å². The molecule has 4 rings (SSSR count). The van der Waals surface area contributed by atoms with Gasteiger partial charge in [0.15, 0.2) is 0 Å². The van der Waals surface area contributed by atoms with Gasteiger partial charge in [-0.3, -0.25) is 9.48 Å². The van der Waals surface area contributed by atoms with Crippen LogP contribution in [0.1, 0.15) is 11.1 Å². The molecule has 0 bridgehead atoms.